The zero-order valence-electron chi connectivity index (χ0n) is 20.9. The molecule has 180 valence electrons. The lowest BCUT2D eigenvalue weighted by atomic mass is 9.87. The molecule has 3 rings (SSSR count). The quantitative estimate of drug-likeness (QED) is 0.291. The maximum Gasteiger partial charge on any atom is 0.234 e. The van der Waals surface area contributed by atoms with Crippen LogP contribution in [0.3, 0.4) is 0 Å². The summed E-state index contributed by atoms with van der Waals surface area (Å²) in [6.45, 7) is 16.9. The van der Waals surface area contributed by atoms with Gasteiger partial charge in [0, 0.05) is 12.2 Å². The summed E-state index contributed by atoms with van der Waals surface area (Å²) in [6.07, 6.45) is 1.48. The minimum absolute atomic E-state index is 0.0830. The van der Waals surface area contributed by atoms with E-state index in [0.717, 1.165) is 22.6 Å². The van der Waals surface area contributed by atoms with Crippen LogP contribution in [-0.2, 0) is 16.8 Å². The van der Waals surface area contributed by atoms with Crippen molar-refractivity contribution in [2.45, 2.75) is 64.8 Å². The SMILES string of the molecule is C=CCn1c(SCC(=O)Nc2c(C)cccc2C)nnc1C(C)Oc1ccc(C(C)(C)C)cc1. The molecule has 0 spiro atoms. The molecule has 1 heterocycles. The van der Waals surface area contributed by atoms with Crippen molar-refractivity contribution in [1.29, 1.82) is 0 Å². The number of carbonyl (C=O) groups is 1. The van der Waals surface area contributed by atoms with Crippen molar-refractivity contribution in [3.63, 3.8) is 0 Å². The van der Waals surface area contributed by atoms with Gasteiger partial charge in [0.05, 0.1) is 5.75 Å². The van der Waals surface area contributed by atoms with Gasteiger partial charge in [0.1, 0.15) is 5.75 Å². The first-order chi connectivity index (χ1) is 16.1. The highest BCUT2D eigenvalue weighted by Crippen LogP contribution is 2.28. The molecule has 1 unspecified atom stereocenters. The van der Waals surface area contributed by atoms with E-state index in [1.54, 1.807) is 6.08 Å². The third-order valence-electron chi connectivity index (χ3n) is 5.53. The predicted molar refractivity (Wildman–Crippen MR) is 140 cm³/mol. The van der Waals surface area contributed by atoms with Gasteiger partial charge in [-0.05, 0) is 55.0 Å². The highest BCUT2D eigenvalue weighted by Gasteiger charge is 2.20. The second kappa shape index (κ2) is 10.9. The zero-order chi connectivity index (χ0) is 24.9. The van der Waals surface area contributed by atoms with Gasteiger partial charge in [-0.25, -0.2) is 0 Å². The Bertz CT molecular complexity index is 1130. The van der Waals surface area contributed by atoms with Crippen molar-refractivity contribution in [1.82, 2.24) is 14.8 Å². The third-order valence-corrected chi connectivity index (χ3v) is 6.50. The van der Waals surface area contributed by atoms with E-state index in [1.165, 1.54) is 17.3 Å². The van der Waals surface area contributed by atoms with E-state index in [9.17, 15) is 4.79 Å². The molecule has 1 amide bonds. The van der Waals surface area contributed by atoms with Crippen molar-refractivity contribution in [2.75, 3.05) is 11.1 Å². The Hall–Kier alpha value is -3.06. The number of nitrogens with zero attached hydrogens (tertiary/aromatic N) is 3. The molecule has 0 bridgehead atoms. The number of allylic oxidation sites excluding steroid dienone is 1. The Kier molecular flexibility index (Phi) is 8.20. The van der Waals surface area contributed by atoms with Crippen LogP contribution in [0.25, 0.3) is 0 Å². The summed E-state index contributed by atoms with van der Waals surface area (Å²) in [5.41, 5.74) is 4.28. The van der Waals surface area contributed by atoms with Crippen LogP contribution >= 0.6 is 11.8 Å². The first kappa shape index (κ1) is 25.6. The first-order valence-corrected chi connectivity index (χ1v) is 12.4. The number of hydrogen-bond acceptors (Lipinski definition) is 5. The second-order valence-electron chi connectivity index (χ2n) is 9.38. The van der Waals surface area contributed by atoms with E-state index in [0.29, 0.717) is 17.5 Å². The van der Waals surface area contributed by atoms with E-state index in [1.807, 2.05) is 55.7 Å². The molecule has 0 aliphatic heterocycles. The van der Waals surface area contributed by atoms with Crippen molar-refractivity contribution in [3.05, 3.63) is 77.6 Å². The molecule has 1 aromatic heterocycles. The molecule has 34 heavy (non-hydrogen) atoms. The average Bonchev–Trinajstić information content (AvgIpc) is 3.18. The third kappa shape index (κ3) is 6.29. The molecular weight excluding hydrogens is 444 g/mol. The van der Waals surface area contributed by atoms with Crippen LogP contribution < -0.4 is 10.1 Å². The van der Waals surface area contributed by atoms with Gasteiger partial charge in [-0.3, -0.25) is 9.36 Å². The maximum atomic E-state index is 12.6. The zero-order valence-corrected chi connectivity index (χ0v) is 21.7. The fourth-order valence-corrected chi connectivity index (χ4v) is 4.37. The molecule has 0 fully saturated rings. The summed E-state index contributed by atoms with van der Waals surface area (Å²) in [5, 5.41) is 12.4. The van der Waals surface area contributed by atoms with Crippen molar-refractivity contribution in [2.24, 2.45) is 0 Å². The molecular formula is C27H34N4O2S. The number of ether oxygens (including phenoxy) is 1. The van der Waals surface area contributed by atoms with Gasteiger partial charge in [0.15, 0.2) is 17.1 Å². The molecule has 1 N–H and O–H groups in total. The molecule has 7 heteroatoms. The Balaban J connectivity index is 1.68. The summed E-state index contributed by atoms with van der Waals surface area (Å²) in [7, 11) is 0. The van der Waals surface area contributed by atoms with E-state index in [-0.39, 0.29) is 23.2 Å². The van der Waals surface area contributed by atoms with Gasteiger partial charge < -0.3 is 10.1 Å². The van der Waals surface area contributed by atoms with Crippen molar-refractivity contribution < 1.29 is 9.53 Å². The lowest BCUT2D eigenvalue weighted by molar-refractivity contribution is -0.113. The predicted octanol–water partition coefficient (Wildman–Crippen LogP) is 6.25. The monoisotopic (exact) mass is 478 g/mol. The molecule has 0 saturated carbocycles. The number of nitrogens with one attached hydrogen (secondary N) is 1. The van der Waals surface area contributed by atoms with Crippen molar-refractivity contribution in [3.8, 4) is 5.75 Å². The molecule has 0 radical (unpaired) electrons. The van der Waals surface area contributed by atoms with E-state index in [4.69, 9.17) is 4.74 Å². The smallest absolute Gasteiger partial charge is 0.234 e. The number of carbonyl (C=O) groups excluding carboxylic acids is 1. The molecule has 0 aliphatic rings. The Morgan fingerprint density at radius 2 is 1.79 bits per heavy atom. The largest absolute Gasteiger partial charge is 0.483 e. The maximum absolute atomic E-state index is 12.6. The number of rotatable bonds is 9. The number of amides is 1. The van der Waals surface area contributed by atoms with Crippen LogP contribution in [0.1, 0.15) is 56.3 Å². The standard InChI is InChI=1S/C27H34N4O2S/c1-8-16-31-25(20(4)33-22-14-12-21(13-15-22)27(5,6)7)29-30-26(31)34-17-23(32)28-24-18(2)10-9-11-19(24)3/h8-15,20H,1,16-17H2,2-7H3,(H,28,32). The van der Waals surface area contributed by atoms with Crippen molar-refractivity contribution >= 4 is 23.4 Å². The molecule has 0 saturated heterocycles. The van der Waals surface area contributed by atoms with Gasteiger partial charge in [0.25, 0.3) is 0 Å². The van der Waals surface area contributed by atoms with Gasteiger partial charge in [-0.15, -0.1) is 16.8 Å². The number of aryl methyl sites for hydroxylation is 2. The summed E-state index contributed by atoms with van der Waals surface area (Å²) in [4.78, 5) is 12.6. The first-order valence-electron chi connectivity index (χ1n) is 11.4. The second-order valence-corrected chi connectivity index (χ2v) is 10.3. The fourth-order valence-electron chi connectivity index (χ4n) is 3.62. The van der Waals surface area contributed by atoms with E-state index in [2.05, 4.69) is 55.0 Å². The lowest BCUT2D eigenvalue weighted by Gasteiger charge is -2.20. The number of benzene rings is 2. The lowest BCUT2D eigenvalue weighted by Crippen LogP contribution is -2.17. The fraction of sp³-hybridized carbons (Fsp3) is 0.370. The highest BCUT2D eigenvalue weighted by atomic mass is 32.2. The van der Waals surface area contributed by atoms with E-state index < -0.39 is 0 Å². The highest BCUT2D eigenvalue weighted by molar-refractivity contribution is 7.99. The normalized spacial score (nSPS) is 12.3. The number of aromatic nitrogens is 3. The van der Waals surface area contributed by atoms with E-state index >= 15 is 0 Å². The van der Waals surface area contributed by atoms with Crippen LogP contribution in [-0.4, -0.2) is 26.4 Å². The number of para-hydroxylation sites is 1. The molecule has 2 aromatic carbocycles. The summed E-state index contributed by atoms with van der Waals surface area (Å²) in [5.74, 6) is 1.61. The summed E-state index contributed by atoms with van der Waals surface area (Å²) >= 11 is 1.35. The minimum Gasteiger partial charge on any atom is -0.483 e. The van der Waals surface area contributed by atoms with Gasteiger partial charge in [-0.1, -0.05) is 68.9 Å². The number of anilines is 1. The number of hydrogen-bond donors (Lipinski definition) is 1. The molecule has 0 aliphatic carbocycles. The summed E-state index contributed by atoms with van der Waals surface area (Å²) < 4.78 is 8.10. The van der Waals surface area contributed by atoms with Gasteiger partial charge in [-0.2, -0.15) is 0 Å². The van der Waals surface area contributed by atoms with Gasteiger partial charge >= 0.3 is 0 Å². The van der Waals surface area contributed by atoms with Crippen LogP contribution in [0, 0.1) is 13.8 Å². The Labute approximate surface area is 206 Å². The average molecular weight is 479 g/mol. The Morgan fingerprint density at radius 3 is 2.38 bits per heavy atom. The number of thioether (sulfide) groups is 1. The van der Waals surface area contributed by atoms with Crippen LogP contribution in [0.2, 0.25) is 0 Å². The van der Waals surface area contributed by atoms with Crippen LogP contribution in [0.5, 0.6) is 5.75 Å². The van der Waals surface area contributed by atoms with Crippen LogP contribution in [0.4, 0.5) is 5.69 Å². The van der Waals surface area contributed by atoms with Crippen LogP contribution in [0.15, 0.2) is 60.3 Å². The molecule has 1 atom stereocenters. The van der Waals surface area contributed by atoms with Gasteiger partial charge in [0.2, 0.25) is 5.91 Å². The minimum atomic E-state index is -0.314. The topological polar surface area (TPSA) is 69.0 Å². The molecule has 6 nitrogen and oxygen atoms in total. The Morgan fingerprint density at radius 1 is 1.15 bits per heavy atom. The molecule has 3 aromatic rings. The summed E-state index contributed by atoms with van der Waals surface area (Å²) in [6, 6.07) is 14.1.